The number of ketones is 1. The maximum Gasteiger partial charge on any atom is 0.246 e. The Balaban J connectivity index is 1.33. The van der Waals surface area contributed by atoms with Crippen molar-refractivity contribution in [2.75, 3.05) is 26.2 Å². The number of allylic oxidation sites excluding steroid dienone is 1. The van der Waals surface area contributed by atoms with Gasteiger partial charge >= 0.3 is 0 Å². The van der Waals surface area contributed by atoms with Gasteiger partial charge in [0.25, 0.3) is 0 Å². The number of rotatable bonds is 4. The molecule has 0 radical (unpaired) electrons. The van der Waals surface area contributed by atoms with E-state index < -0.39 is 0 Å². The van der Waals surface area contributed by atoms with E-state index in [2.05, 4.69) is 17.4 Å². The van der Waals surface area contributed by atoms with E-state index in [4.69, 9.17) is 11.6 Å². The van der Waals surface area contributed by atoms with Crippen LogP contribution in [-0.2, 0) is 17.6 Å². The van der Waals surface area contributed by atoms with Gasteiger partial charge in [-0.05, 0) is 85.7 Å². The van der Waals surface area contributed by atoms with Gasteiger partial charge in [0.05, 0.1) is 0 Å². The number of amides is 1. The number of hydrogen-bond acceptors (Lipinski definition) is 3. The van der Waals surface area contributed by atoms with E-state index in [1.807, 2.05) is 35.2 Å². The summed E-state index contributed by atoms with van der Waals surface area (Å²) < 4.78 is 0. The summed E-state index contributed by atoms with van der Waals surface area (Å²) in [4.78, 5) is 27.0. The van der Waals surface area contributed by atoms with Crippen LogP contribution in [0.5, 0.6) is 0 Å². The lowest BCUT2D eigenvalue weighted by molar-refractivity contribution is -0.127. The van der Waals surface area contributed by atoms with Crippen LogP contribution in [0, 0.1) is 0 Å². The van der Waals surface area contributed by atoms with Crippen LogP contribution in [0.1, 0.15) is 45.8 Å². The van der Waals surface area contributed by atoms with Crippen LogP contribution in [0.15, 0.2) is 54.6 Å². The number of nitrogens with zero attached hydrogens (tertiary/aromatic N) is 1. The van der Waals surface area contributed by atoms with Gasteiger partial charge in [-0.25, -0.2) is 0 Å². The van der Waals surface area contributed by atoms with E-state index >= 15 is 0 Å². The third kappa shape index (κ3) is 5.00. The minimum Gasteiger partial charge on any atom is -0.339 e. The standard InChI is InChI=1S/C25H27ClN2O2/c26-23-5-3-18(4-6-23)20-11-15-28(16-12-20)25(30)8-7-24(29)22-2-1-19-9-13-27-14-10-21(19)17-22/h1-8,17,20,27H,9-16H2/b8-7+. The van der Waals surface area contributed by atoms with E-state index in [1.54, 1.807) is 0 Å². The zero-order chi connectivity index (χ0) is 20.9. The Morgan fingerprint density at radius 3 is 2.37 bits per heavy atom. The molecule has 1 fully saturated rings. The number of nitrogens with one attached hydrogen (secondary N) is 1. The maximum absolute atomic E-state index is 12.6. The van der Waals surface area contributed by atoms with Crippen molar-refractivity contribution in [1.82, 2.24) is 10.2 Å². The van der Waals surface area contributed by atoms with Gasteiger partial charge in [-0.2, -0.15) is 0 Å². The number of likely N-dealkylation sites (tertiary alicyclic amines) is 1. The summed E-state index contributed by atoms with van der Waals surface area (Å²) >= 11 is 5.97. The number of benzene rings is 2. The molecule has 2 heterocycles. The van der Waals surface area contributed by atoms with E-state index in [-0.39, 0.29) is 11.7 Å². The molecule has 0 aromatic heterocycles. The molecule has 1 saturated heterocycles. The zero-order valence-electron chi connectivity index (χ0n) is 17.1. The van der Waals surface area contributed by atoms with Gasteiger partial charge in [0, 0.05) is 29.8 Å². The van der Waals surface area contributed by atoms with Crippen LogP contribution in [-0.4, -0.2) is 42.8 Å². The lowest BCUT2D eigenvalue weighted by Crippen LogP contribution is -2.37. The summed E-state index contributed by atoms with van der Waals surface area (Å²) in [5.41, 5.74) is 4.46. The number of halogens is 1. The summed E-state index contributed by atoms with van der Waals surface area (Å²) in [7, 11) is 0. The molecule has 0 bridgehead atoms. The first-order valence-electron chi connectivity index (χ1n) is 10.7. The predicted octanol–water partition coefficient (Wildman–Crippen LogP) is 4.17. The summed E-state index contributed by atoms with van der Waals surface area (Å²) in [5, 5.41) is 4.12. The molecular formula is C25H27ClN2O2. The Bertz CT molecular complexity index is 944. The van der Waals surface area contributed by atoms with Crippen molar-refractivity contribution in [3.63, 3.8) is 0 Å². The first-order valence-corrected chi connectivity index (χ1v) is 11.1. The summed E-state index contributed by atoms with van der Waals surface area (Å²) in [6.45, 7) is 3.32. The molecule has 1 amide bonds. The van der Waals surface area contributed by atoms with Crippen LogP contribution in [0.2, 0.25) is 5.02 Å². The third-order valence-electron chi connectivity index (χ3n) is 6.16. The molecule has 4 rings (SSSR count). The third-order valence-corrected chi connectivity index (χ3v) is 6.41. The van der Waals surface area contributed by atoms with Crippen molar-refractivity contribution in [1.29, 1.82) is 0 Å². The van der Waals surface area contributed by atoms with Crippen molar-refractivity contribution in [2.45, 2.75) is 31.6 Å². The van der Waals surface area contributed by atoms with Gasteiger partial charge in [0.1, 0.15) is 0 Å². The highest BCUT2D eigenvalue weighted by Gasteiger charge is 2.23. The fourth-order valence-electron chi connectivity index (χ4n) is 4.34. The summed E-state index contributed by atoms with van der Waals surface area (Å²) in [5.74, 6) is 0.252. The summed E-state index contributed by atoms with van der Waals surface area (Å²) in [6.07, 6.45) is 6.62. The van der Waals surface area contributed by atoms with Gasteiger partial charge in [-0.1, -0.05) is 35.9 Å². The number of hydrogen-bond donors (Lipinski definition) is 1. The fourth-order valence-corrected chi connectivity index (χ4v) is 4.47. The Kier molecular flexibility index (Phi) is 6.66. The predicted molar refractivity (Wildman–Crippen MR) is 120 cm³/mol. The average Bonchev–Trinajstić information content (AvgIpc) is 3.03. The van der Waals surface area contributed by atoms with Gasteiger partial charge in [-0.3, -0.25) is 9.59 Å². The van der Waals surface area contributed by atoms with Crippen molar-refractivity contribution in [2.24, 2.45) is 0 Å². The minimum atomic E-state index is -0.112. The first-order chi connectivity index (χ1) is 14.6. The normalized spacial score (nSPS) is 17.6. The molecule has 0 saturated carbocycles. The first kappa shape index (κ1) is 20.8. The van der Waals surface area contributed by atoms with E-state index in [0.717, 1.165) is 43.8 Å². The molecule has 5 heteroatoms. The Hall–Kier alpha value is -2.43. The Labute approximate surface area is 182 Å². The van der Waals surface area contributed by atoms with Crippen LogP contribution in [0.25, 0.3) is 0 Å². The minimum absolute atomic E-state index is 0.0862. The molecule has 1 N–H and O–H groups in total. The van der Waals surface area contributed by atoms with Crippen LogP contribution >= 0.6 is 11.6 Å². The van der Waals surface area contributed by atoms with Gasteiger partial charge in [0.2, 0.25) is 5.91 Å². The molecule has 0 atom stereocenters. The molecule has 2 aromatic carbocycles. The van der Waals surface area contributed by atoms with Crippen molar-refractivity contribution < 1.29 is 9.59 Å². The molecule has 30 heavy (non-hydrogen) atoms. The smallest absolute Gasteiger partial charge is 0.246 e. The number of piperidine rings is 1. The lowest BCUT2D eigenvalue weighted by atomic mass is 9.89. The molecule has 4 nitrogen and oxygen atoms in total. The quantitative estimate of drug-likeness (QED) is 0.594. The van der Waals surface area contributed by atoms with Gasteiger partial charge < -0.3 is 10.2 Å². The van der Waals surface area contributed by atoms with E-state index in [9.17, 15) is 9.59 Å². The Morgan fingerprint density at radius 2 is 1.63 bits per heavy atom. The highest BCUT2D eigenvalue weighted by molar-refractivity contribution is 6.30. The van der Waals surface area contributed by atoms with Crippen molar-refractivity contribution in [3.8, 4) is 0 Å². The number of carbonyl (C=O) groups is 2. The lowest BCUT2D eigenvalue weighted by Gasteiger charge is -2.31. The largest absolute Gasteiger partial charge is 0.339 e. The molecule has 0 unspecified atom stereocenters. The second kappa shape index (κ2) is 9.59. The molecule has 2 aliphatic heterocycles. The molecular weight excluding hydrogens is 396 g/mol. The SMILES string of the molecule is O=C(/C=C/C(=O)N1CCC(c2ccc(Cl)cc2)CC1)c1ccc2c(c1)CCNCC2. The molecule has 2 aromatic rings. The molecule has 2 aliphatic rings. The van der Waals surface area contributed by atoms with E-state index in [0.29, 0.717) is 24.6 Å². The number of carbonyl (C=O) groups excluding carboxylic acids is 2. The van der Waals surface area contributed by atoms with Crippen LogP contribution in [0.4, 0.5) is 0 Å². The van der Waals surface area contributed by atoms with Gasteiger partial charge in [0.15, 0.2) is 5.78 Å². The molecule has 156 valence electrons. The Morgan fingerprint density at radius 1 is 0.933 bits per heavy atom. The number of fused-ring (bicyclic) bond motifs is 1. The van der Waals surface area contributed by atoms with E-state index in [1.165, 1.54) is 28.8 Å². The monoisotopic (exact) mass is 422 g/mol. The van der Waals surface area contributed by atoms with Crippen molar-refractivity contribution >= 4 is 23.3 Å². The maximum atomic E-state index is 12.6. The molecule has 0 aliphatic carbocycles. The molecule has 0 spiro atoms. The van der Waals surface area contributed by atoms with Gasteiger partial charge in [-0.15, -0.1) is 0 Å². The highest BCUT2D eigenvalue weighted by Crippen LogP contribution is 2.29. The second-order valence-corrected chi connectivity index (χ2v) is 8.52. The second-order valence-electron chi connectivity index (χ2n) is 8.08. The summed E-state index contributed by atoms with van der Waals surface area (Å²) in [6, 6.07) is 13.9. The zero-order valence-corrected chi connectivity index (χ0v) is 17.8. The average molecular weight is 423 g/mol. The highest BCUT2D eigenvalue weighted by atomic mass is 35.5. The topological polar surface area (TPSA) is 49.4 Å². The van der Waals surface area contributed by atoms with Crippen molar-refractivity contribution in [3.05, 3.63) is 81.9 Å². The van der Waals surface area contributed by atoms with Crippen LogP contribution < -0.4 is 5.32 Å². The fraction of sp³-hybridized carbons (Fsp3) is 0.360. The van der Waals surface area contributed by atoms with Crippen LogP contribution in [0.3, 0.4) is 0 Å².